The molecular formula is C21H26N2O5S. The Kier molecular flexibility index (Phi) is 5.55. The molecule has 4 aliphatic carbocycles. The summed E-state index contributed by atoms with van der Waals surface area (Å²) in [6, 6.07) is 6.01. The minimum Gasteiger partial charge on any atom is -0.455 e. The molecule has 156 valence electrons. The van der Waals surface area contributed by atoms with Crippen LogP contribution in [0.1, 0.15) is 45.4 Å². The quantitative estimate of drug-likeness (QED) is 0.314. The number of thioether (sulfide) groups is 1. The lowest BCUT2D eigenvalue weighted by Crippen LogP contribution is -2.60. The van der Waals surface area contributed by atoms with Gasteiger partial charge in [0.1, 0.15) is 5.25 Å². The van der Waals surface area contributed by atoms with Gasteiger partial charge >= 0.3 is 5.97 Å². The van der Waals surface area contributed by atoms with Crippen LogP contribution < -0.4 is 5.32 Å². The van der Waals surface area contributed by atoms with Crippen LogP contribution in [0, 0.1) is 27.9 Å². The van der Waals surface area contributed by atoms with Gasteiger partial charge in [0.25, 0.3) is 11.6 Å². The fourth-order valence-electron chi connectivity index (χ4n) is 5.75. The van der Waals surface area contributed by atoms with Crippen LogP contribution in [0.25, 0.3) is 0 Å². The third-order valence-electron chi connectivity index (χ3n) is 6.48. The van der Waals surface area contributed by atoms with Crippen LogP contribution >= 0.6 is 11.8 Å². The summed E-state index contributed by atoms with van der Waals surface area (Å²) in [6.45, 7) is 1.44. The number of nitrogens with zero attached hydrogens (tertiary/aromatic N) is 1. The minimum atomic E-state index is -0.510. The standard InChI is InChI=1S/C21H26N2O5S/c1-13(29-18-4-2-17(3-5-18)23(26)27)20(25)28-12-19(24)22-21-9-14-6-15(10-21)8-16(7-14)11-21/h2-5,13-16H,6-12H2,1H3,(H,22,24)/t13-,14?,15?,16?,21?/m1/s1. The number of nitro groups is 1. The summed E-state index contributed by atoms with van der Waals surface area (Å²) < 4.78 is 5.23. The molecule has 0 saturated heterocycles. The number of hydrogen-bond acceptors (Lipinski definition) is 6. The average molecular weight is 419 g/mol. The van der Waals surface area contributed by atoms with E-state index >= 15 is 0 Å². The molecule has 1 amide bonds. The van der Waals surface area contributed by atoms with Crippen molar-refractivity contribution in [2.45, 2.75) is 61.1 Å². The van der Waals surface area contributed by atoms with Gasteiger partial charge < -0.3 is 10.1 Å². The van der Waals surface area contributed by atoms with E-state index in [4.69, 9.17) is 4.74 Å². The van der Waals surface area contributed by atoms with Crippen molar-refractivity contribution in [2.75, 3.05) is 6.61 Å². The van der Waals surface area contributed by atoms with E-state index < -0.39 is 16.1 Å². The average Bonchev–Trinajstić information content (AvgIpc) is 2.65. The Bertz CT molecular complexity index is 775. The number of rotatable bonds is 7. The van der Waals surface area contributed by atoms with E-state index in [1.54, 1.807) is 19.1 Å². The summed E-state index contributed by atoms with van der Waals surface area (Å²) in [4.78, 5) is 35.7. The summed E-state index contributed by atoms with van der Waals surface area (Å²) in [5.74, 6) is 1.54. The lowest BCUT2D eigenvalue weighted by atomic mass is 9.53. The zero-order valence-corrected chi connectivity index (χ0v) is 17.3. The number of carbonyl (C=O) groups excluding carboxylic acids is 2. The molecule has 29 heavy (non-hydrogen) atoms. The third kappa shape index (κ3) is 4.57. The van der Waals surface area contributed by atoms with Crippen molar-refractivity contribution in [1.29, 1.82) is 0 Å². The molecule has 0 heterocycles. The van der Waals surface area contributed by atoms with Gasteiger partial charge in [-0.1, -0.05) is 0 Å². The fourth-order valence-corrected chi connectivity index (χ4v) is 6.61. The molecule has 1 aromatic carbocycles. The van der Waals surface area contributed by atoms with E-state index in [2.05, 4.69) is 5.32 Å². The molecule has 4 aliphatic rings. The maximum Gasteiger partial charge on any atom is 0.319 e. The Balaban J connectivity index is 1.24. The van der Waals surface area contributed by atoms with E-state index in [9.17, 15) is 19.7 Å². The van der Waals surface area contributed by atoms with Crippen molar-refractivity contribution in [3.05, 3.63) is 34.4 Å². The van der Waals surface area contributed by atoms with E-state index in [0.717, 1.165) is 41.9 Å². The Morgan fingerprint density at radius 2 is 1.72 bits per heavy atom. The van der Waals surface area contributed by atoms with Crippen molar-refractivity contribution < 1.29 is 19.2 Å². The summed E-state index contributed by atoms with van der Waals surface area (Å²) in [7, 11) is 0. The second-order valence-corrected chi connectivity index (χ2v) is 10.3. The summed E-state index contributed by atoms with van der Waals surface area (Å²) in [6.07, 6.45) is 7.10. The van der Waals surface area contributed by atoms with E-state index in [-0.39, 0.29) is 23.7 Å². The first-order chi connectivity index (χ1) is 13.8. The van der Waals surface area contributed by atoms with Gasteiger partial charge in [0, 0.05) is 22.6 Å². The molecule has 4 fully saturated rings. The fraction of sp³-hybridized carbons (Fsp3) is 0.619. The van der Waals surface area contributed by atoms with Gasteiger partial charge in [-0.25, -0.2) is 0 Å². The SMILES string of the molecule is C[C@@H](Sc1ccc([N+](=O)[O-])cc1)C(=O)OCC(=O)NC12CC3CC(CC(C3)C1)C2. The molecule has 0 radical (unpaired) electrons. The topological polar surface area (TPSA) is 98.5 Å². The number of esters is 1. The lowest BCUT2D eigenvalue weighted by molar-refractivity contribution is -0.384. The number of non-ortho nitro benzene ring substituents is 1. The zero-order chi connectivity index (χ0) is 20.6. The zero-order valence-electron chi connectivity index (χ0n) is 16.5. The van der Waals surface area contributed by atoms with Crippen molar-refractivity contribution in [2.24, 2.45) is 17.8 Å². The Hall–Kier alpha value is -2.09. The Morgan fingerprint density at radius 1 is 1.17 bits per heavy atom. The van der Waals surface area contributed by atoms with E-state index in [1.165, 1.54) is 43.2 Å². The minimum absolute atomic E-state index is 0.00549. The largest absolute Gasteiger partial charge is 0.455 e. The van der Waals surface area contributed by atoms with Crippen molar-refractivity contribution in [1.82, 2.24) is 5.32 Å². The molecule has 0 aromatic heterocycles. The van der Waals surface area contributed by atoms with E-state index in [1.807, 2.05) is 0 Å². The highest BCUT2D eigenvalue weighted by molar-refractivity contribution is 8.00. The van der Waals surface area contributed by atoms with Crippen LogP contribution in [-0.4, -0.2) is 34.2 Å². The summed E-state index contributed by atoms with van der Waals surface area (Å²) in [5, 5.41) is 13.4. The third-order valence-corrected chi connectivity index (χ3v) is 7.57. The molecular weight excluding hydrogens is 392 g/mol. The molecule has 1 aromatic rings. The summed E-state index contributed by atoms with van der Waals surface area (Å²) >= 11 is 1.25. The second kappa shape index (κ2) is 7.97. The Labute approximate surface area is 174 Å². The highest BCUT2D eigenvalue weighted by Crippen LogP contribution is 2.55. The smallest absolute Gasteiger partial charge is 0.319 e. The number of ether oxygens (including phenoxy) is 1. The number of nitrogens with one attached hydrogen (secondary N) is 1. The highest BCUT2D eigenvalue weighted by atomic mass is 32.2. The number of nitro benzene ring substituents is 1. The highest BCUT2D eigenvalue weighted by Gasteiger charge is 2.51. The van der Waals surface area contributed by atoms with Gasteiger partial charge in [-0.15, -0.1) is 11.8 Å². The van der Waals surface area contributed by atoms with Crippen LogP contribution in [0.5, 0.6) is 0 Å². The molecule has 7 nitrogen and oxygen atoms in total. The number of amides is 1. The van der Waals surface area contributed by atoms with Crippen LogP contribution in [0.3, 0.4) is 0 Å². The van der Waals surface area contributed by atoms with Crippen LogP contribution in [-0.2, 0) is 14.3 Å². The van der Waals surface area contributed by atoms with Gasteiger partial charge in [-0.2, -0.15) is 0 Å². The maximum atomic E-state index is 12.5. The second-order valence-electron chi connectivity index (χ2n) is 8.86. The Morgan fingerprint density at radius 3 is 2.24 bits per heavy atom. The molecule has 5 rings (SSSR count). The van der Waals surface area contributed by atoms with Crippen LogP contribution in [0.4, 0.5) is 5.69 Å². The maximum absolute atomic E-state index is 12.5. The molecule has 8 heteroatoms. The first-order valence-electron chi connectivity index (χ1n) is 10.2. The van der Waals surface area contributed by atoms with Gasteiger partial charge in [0.15, 0.2) is 6.61 Å². The van der Waals surface area contributed by atoms with Gasteiger partial charge in [0.2, 0.25) is 0 Å². The van der Waals surface area contributed by atoms with Crippen molar-refractivity contribution >= 4 is 29.3 Å². The molecule has 4 bridgehead atoms. The van der Waals surface area contributed by atoms with Gasteiger partial charge in [0.05, 0.1) is 4.92 Å². The monoisotopic (exact) mass is 418 g/mol. The lowest BCUT2D eigenvalue weighted by Gasteiger charge is -2.56. The number of benzene rings is 1. The van der Waals surface area contributed by atoms with Gasteiger partial charge in [-0.05, 0) is 75.3 Å². The van der Waals surface area contributed by atoms with Crippen LogP contribution in [0.2, 0.25) is 0 Å². The molecule has 1 atom stereocenters. The molecule has 4 saturated carbocycles. The molecule has 0 spiro atoms. The number of carbonyl (C=O) groups is 2. The van der Waals surface area contributed by atoms with Crippen molar-refractivity contribution in [3.63, 3.8) is 0 Å². The predicted octanol–water partition coefficient (Wildman–Crippen LogP) is 3.70. The van der Waals surface area contributed by atoms with Crippen LogP contribution in [0.15, 0.2) is 29.2 Å². The normalized spacial score (nSPS) is 30.6. The first kappa shape index (κ1) is 20.2. The molecule has 0 aliphatic heterocycles. The molecule has 0 unspecified atom stereocenters. The summed E-state index contributed by atoms with van der Waals surface area (Å²) in [5.41, 5.74) is -0.0805. The van der Waals surface area contributed by atoms with Gasteiger partial charge in [-0.3, -0.25) is 19.7 Å². The predicted molar refractivity (Wildman–Crippen MR) is 108 cm³/mol. The van der Waals surface area contributed by atoms with E-state index in [0.29, 0.717) is 0 Å². The molecule has 1 N–H and O–H groups in total. The number of hydrogen-bond donors (Lipinski definition) is 1. The first-order valence-corrected chi connectivity index (χ1v) is 11.1. The van der Waals surface area contributed by atoms with Crippen molar-refractivity contribution in [3.8, 4) is 0 Å².